The van der Waals surface area contributed by atoms with E-state index in [4.69, 9.17) is 4.74 Å². The molecule has 0 bridgehead atoms. The molecule has 0 saturated carbocycles. The Kier molecular flexibility index (Phi) is 4.04. The van der Waals surface area contributed by atoms with Crippen molar-refractivity contribution in [3.63, 3.8) is 0 Å². The highest BCUT2D eigenvalue weighted by Crippen LogP contribution is 2.27. The van der Waals surface area contributed by atoms with Crippen LogP contribution in [0, 0.1) is 0 Å². The average molecular weight is 331 g/mol. The molecule has 7 nitrogen and oxygen atoms in total. The van der Waals surface area contributed by atoms with Crippen molar-refractivity contribution in [1.29, 1.82) is 0 Å². The van der Waals surface area contributed by atoms with E-state index in [2.05, 4.69) is 4.98 Å². The summed E-state index contributed by atoms with van der Waals surface area (Å²) >= 11 is 0. The third-order valence-electron chi connectivity index (χ3n) is 3.98. The van der Waals surface area contributed by atoms with E-state index < -0.39 is 17.6 Å². The molecule has 2 aromatic heterocycles. The Morgan fingerprint density at radius 2 is 2.08 bits per heavy atom. The number of carbonyl (C=O) groups is 2. The van der Waals surface area contributed by atoms with Gasteiger partial charge in [0.25, 0.3) is 5.91 Å². The van der Waals surface area contributed by atoms with Gasteiger partial charge in [0.05, 0.1) is 17.3 Å². The van der Waals surface area contributed by atoms with Gasteiger partial charge in [-0.1, -0.05) is 0 Å². The highest BCUT2D eigenvalue weighted by Gasteiger charge is 2.42. The number of pyridine rings is 1. The topological polar surface area (TPSA) is 84.1 Å². The molecule has 24 heavy (non-hydrogen) atoms. The summed E-state index contributed by atoms with van der Waals surface area (Å²) in [6.07, 6.45) is 5.14. The molecule has 1 amide bonds. The van der Waals surface area contributed by atoms with Gasteiger partial charge in [-0.25, -0.2) is 9.78 Å². The SMILES string of the molecule is CC(C)(C)O[C@@H]1C[C@@H](C(=O)O)N(C(=O)c2cccn3ccnc23)C1. The van der Waals surface area contributed by atoms with E-state index in [-0.39, 0.29) is 25.0 Å². The van der Waals surface area contributed by atoms with Crippen LogP contribution in [-0.2, 0) is 9.53 Å². The van der Waals surface area contributed by atoms with Crippen molar-refractivity contribution in [3.05, 3.63) is 36.3 Å². The number of carboxylic acid groups (broad SMARTS) is 1. The molecule has 0 spiro atoms. The minimum Gasteiger partial charge on any atom is -0.480 e. The van der Waals surface area contributed by atoms with Crippen LogP contribution in [-0.4, -0.2) is 55.6 Å². The predicted molar refractivity (Wildman–Crippen MR) is 86.9 cm³/mol. The molecule has 2 aromatic rings. The van der Waals surface area contributed by atoms with E-state index in [1.165, 1.54) is 4.90 Å². The van der Waals surface area contributed by atoms with E-state index >= 15 is 0 Å². The van der Waals surface area contributed by atoms with Crippen LogP contribution in [0.25, 0.3) is 5.65 Å². The number of nitrogens with zero attached hydrogens (tertiary/aromatic N) is 3. The molecule has 1 fully saturated rings. The number of rotatable bonds is 3. The Bertz CT molecular complexity index is 777. The van der Waals surface area contributed by atoms with E-state index in [1.54, 1.807) is 35.1 Å². The summed E-state index contributed by atoms with van der Waals surface area (Å²) in [4.78, 5) is 30.1. The van der Waals surface area contributed by atoms with Crippen LogP contribution < -0.4 is 0 Å². The fraction of sp³-hybridized carbons (Fsp3) is 0.471. The second-order valence-corrected chi connectivity index (χ2v) is 6.98. The van der Waals surface area contributed by atoms with Crippen molar-refractivity contribution in [3.8, 4) is 0 Å². The van der Waals surface area contributed by atoms with E-state index in [9.17, 15) is 14.7 Å². The summed E-state index contributed by atoms with van der Waals surface area (Å²) in [5, 5.41) is 9.50. The van der Waals surface area contributed by atoms with Gasteiger partial charge in [0.1, 0.15) is 11.7 Å². The van der Waals surface area contributed by atoms with Crippen LogP contribution >= 0.6 is 0 Å². The summed E-state index contributed by atoms with van der Waals surface area (Å²) in [5.74, 6) is -1.35. The molecule has 128 valence electrons. The summed E-state index contributed by atoms with van der Waals surface area (Å²) in [7, 11) is 0. The molecular formula is C17H21N3O4. The Hall–Kier alpha value is -2.41. The van der Waals surface area contributed by atoms with Crippen LogP contribution in [0.1, 0.15) is 37.6 Å². The number of carbonyl (C=O) groups excluding carboxylic acids is 1. The van der Waals surface area contributed by atoms with E-state index in [1.807, 2.05) is 20.8 Å². The van der Waals surface area contributed by atoms with Gasteiger partial charge in [0.15, 0.2) is 0 Å². The van der Waals surface area contributed by atoms with Crippen molar-refractivity contribution in [1.82, 2.24) is 14.3 Å². The Morgan fingerprint density at radius 3 is 2.75 bits per heavy atom. The fourth-order valence-electron chi connectivity index (χ4n) is 3.11. The molecular weight excluding hydrogens is 310 g/mol. The molecule has 3 heterocycles. The van der Waals surface area contributed by atoms with Crippen molar-refractivity contribution < 1.29 is 19.4 Å². The Balaban J connectivity index is 1.90. The van der Waals surface area contributed by atoms with Gasteiger partial charge < -0.3 is 19.1 Å². The summed E-state index contributed by atoms with van der Waals surface area (Å²) in [6, 6.07) is 2.53. The smallest absolute Gasteiger partial charge is 0.326 e. The number of ether oxygens (including phenoxy) is 1. The zero-order valence-corrected chi connectivity index (χ0v) is 14.0. The lowest BCUT2D eigenvalue weighted by Crippen LogP contribution is -2.41. The summed E-state index contributed by atoms with van der Waals surface area (Å²) < 4.78 is 7.63. The van der Waals surface area contributed by atoms with Crippen LogP contribution in [0.15, 0.2) is 30.7 Å². The second kappa shape index (κ2) is 5.90. The van der Waals surface area contributed by atoms with Gasteiger partial charge in [-0.15, -0.1) is 0 Å². The van der Waals surface area contributed by atoms with Crippen molar-refractivity contribution in [2.45, 2.75) is 44.9 Å². The first-order valence-corrected chi connectivity index (χ1v) is 7.89. The van der Waals surface area contributed by atoms with Crippen LogP contribution in [0.2, 0.25) is 0 Å². The molecule has 7 heteroatoms. The van der Waals surface area contributed by atoms with Gasteiger partial charge in [-0.05, 0) is 32.9 Å². The lowest BCUT2D eigenvalue weighted by molar-refractivity contribution is -0.141. The lowest BCUT2D eigenvalue weighted by atomic mass is 10.1. The molecule has 2 atom stereocenters. The molecule has 0 unspecified atom stereocenters. The van der Waals surface area contributed by atoms with Crippen molar-refractivity contribution >= 4 is 17.5 Å². The third kappa shape index (κ3) is 3.12. The molecule has 1 aliphatic heterocycles. The highest BCUT2D eigenvalue weighted by molar-refractivity contribution is 6.01. The average Bonchev–Trinajstić information content (AvgIpc) is 3.10. The molecule has 0 radical (unpaired) electrons. The molecule has 0 aromatic carbocycles. The van der Waals surface area contributed by atoms with Gasteiger partial charge >= 0.3 is 5.97 Å². The number of carboxylic acids is 1. The number of imidazole rings is 1. The first kappa shape index (κ1) is 16.4. The molecule has 1 N–H and O–H groups in total. The van der Waals surface area contributed by atoms with Crippen LogP contribution in [0.4, 0.5) is 0 Å². The van der Waals surface area contributed by atoms with E-state index in [0.717, 1.165) is 0 Å². The number of fused-ring (bicyclic) bond motifs is 1. The minimum absolute atomic E-state index is 0.259. The van der Waals surface area contributed by atoms with Gasteiger partial charge in [0, 0.05) is 31.6 Å². The lowest BCUT2D eigenvalue weighted by Gasteiger charge is -2.25. The monoisotopic (exact) mass is 331 g/mol. The quantitative estimate of drug-likeness (QED) is 0.927. The molecule has 1 saturated heterocycles. The second-order valence-electron chi connectivity index (χ2n) is 6.98. The zero-order valence-electron chi connectivity index (χ0n) is 14.0. The normalized spacial score (nSPS) is 21.4. The Labute approximate surface area is 139 Å². The molecule has 3 rings (SSSR count). The number of hydrogen-bond donors (Lipinski definition) is 1. The maximum Gasteiger partial charge on any atom is 0.326 e. The van der Waals surface area contributed by atoms with Gasteiger partial charge in [-0.2, -0.15) is 0 Å². The molecule has 1 aliphatic rings. The maximum atomic E-state index is 12.9. The minimum atomic E-state index is -1.02. The van der Waals surface area contributed by atoms with Gasteiger partial charge in [0.2, 0.25) is 0 Å². The highest BCUT2D eigenvalue weighted by atomic mass is 16.5. The Morgan fingerprint density at radius 1 is 1.33 bits per heavy atom. The van der Waals surface area contributed by atoms with Gasteiger partial charge in [-0.3, -0.25) is 4.79 Å². The number of hydrogen-bond acceptors (Lipinski definition) is 4. The number of amides is 1. The predicted octanol–water partition coefficient (Wildman–Crippen LogP) is 1.82. The third-order valence-corrected chi connectivity index (χ3v) is 3.98. The standard InChI is InChI=1S/C17H21N3O4/c1-17(2,3)24-11-9-13(16(22)23)20(10-11)15(21)12-5-4-7-19-8-6-18-14(12)19/h4-8,11,13H,9-10H2,1-3H3,(H,22,23)/t11-,13+/m1/s1. The number of aromatic nitrogens is 2. The van der Waals surface area contributed by atoms with E-state index in [0.29, 0.717) is 11.2 Å². The first-order chi connectivity index (χ1) is 11.3. The number of aliphatic carboxylic acids is 1. The summed E-state index contributed by atoms with van der Waals surface area (Å²) in [5.41, 5.74) is 0.521. The zero-order chi connectivity index (χ0) is 17.5. The van der Waals surface area contributed by atoms with Crippen LogP contribution in [0.3, 0.4) is 0 Å². The maximum absolute atomic E-state index is 12.9. The molecule has 0 aliphatic carbocycles. The number of likely N-dealkylation sites (tertiary alicyclic amines) is 1. The largest absolute Gasteiger partial charge is 0.480 e. The van der Waals surface area contributed by atoms with Crippen LogP contribution in [0.5, 0.6) is 0 Å². The summed E-state index contributed by atoms with van der Waals surface area (Å²) in [6.45, 7) is 6.00. The van der Waals surface area contributed by atoms with Crippen molar-refractivity contribution in [2.75, 3.05) is 6.54 Å². The van der Waals surface area contributed by atoms with Crippen molar-refractivity contribution in [2.24, 2.45) is 0 Å². The first-order valence-electron chi connectivity index (χ1n) is 7.89. The fourth-order valence-corrected chi connectivity index (χ4v) is 3.11.